The van der Waals surface area contributed by atoms with Gasteiger partial charge in [-0.3, -0.25) is 24.0 Å². The molecule has 2 aromatic rings. The van der Waals surface area contributed by atoms with Crippen molar-refractivity contribution >= 4 is 29.6 Å². The van der Waals surface area contributed by atoms with E-state index in [1.807, 2.05) is 74.5 Å². The fourth-order valence-electron chi connectivity index (χ4n) is 5.90. The Morgan fingerprint density at radius 2 is 1.38 bits per heavy atom. The van der Waals surface area contributed by atoms with Gasteiger partial charge in [0, 0.05) is 19.5 Å². The summed E-state index contributed by atoms with van der Waals surface area (Å²) in [5.41, 5.74) is 13.6. The van der Waals surface area contributed by atoms with Crippen molar-refractivity contribution in [2.75, 3.05) is 19.6 Å². The van der Waals surface area contributed by atoms with Crippen LogP contribution in [0, 0.1) is 11.8 Å². The third kappa shape index (κ3) is 12.4. The van der Waals surface area contributed by atoms with Crippen molar-refractivity contribution < 1.29 is 29.1 Å². The summed E-state index contributed by atoms with van der Waals surface area (Å²) in [7, 11) is 0. The highest BCUT2D eigenvalue weighted by atomic mass is 16.4. The summed E-state index contributed by atoms with van der Waals surface area (Å²) in [6, 6.07) is 14.8. The Bertz CT molecular complexity index is 1340. The molecule has 0 aliphatic carbocycles. The molecule has 0 bridgehead atoms. The number of hydrogen-bond acceptors (Lipinski definition) is 7. The molecule has 48 heavy (non-hydrogen) atoms. The first-order chi connectivity index (χ1) is 23.0. The Kier molecular flexibility index (Phi) is 15.5. The van der Waals surface area contributed by atoms with Crippen LogP contribution in [0.3, 0.4) is 0 Å². The molecule has 262 valence electrons. The molecule has 0 aromatic heterocycles. The first-order valence-electron chi connectivity index (χ1n) is 16.9. The Hall–Kier alpha value is -4.29. The maximum Gasteiger partial charge on any atom is 0.308 e. The van der Waals surface area contributed by atoms with E-state index in [4.69, 9.17) is 11.5 Å². The van der Waals surface area contributed by atoms with Gasteiger partial charge < -0.3 is 37.4 Å². The second kappa shape index (κ2) is 19.5. The van der Waals surface area contributed by atoms with Crippen LogP contribution in [0.4, 0.5) is 0 Å². The van der Waals surface area contributed by atoms with Crippen molar-refractivity contribution in [3.8, 4) is 0 Å². The van der Waals surface area contributed by atoms with Crippen LogP contribution in [0.25, 0.3) is 0 Å². The van der Waals surface area contributed by atoms with E-state index in [-0.39, 0.29) is 37.6 Å². The predicted molar refractivity (Wildman–Crippen MR) is 183 cm³/mol. The number of likely N-dealkylation sites (tertiary alicyclic amines) is 1. The Balaban J connectivity index is 1.78. The van der Waals surface area contributed by atoms with Crippen molar-refractivity contribution in [1.29, 1.82) is 0 Å². The molecule has 1 aliphatic heterocycles. The Morgan fingerprint density at radius 1 is 0.812 bits per heavy atom. The number of carbonyl (C=O) groups excluding carboxylic acids is 4. The molecule has 1 aliphatic rings. The quantitative estimate of drug-likeness (QED) is 0.130. The van der Waals surface area contributed by atoms with Crippen LogP contribution < -0.4 is 27.4 Å². The third-order valence-electron chi connectivity index (χ3n) is 8.53. The molecule has 1 fully saturated rings. The van der Waals surface area contributed by atoms with Gasteiger partial charge >= 0.3 is 5.97 Å². The molecule has 1 saturated heterocycles. The number of carboxylic acids is 1. The molecule has 0 spiro atoms. The number of nitrogens with two attached hydrogens (primary N) is 2. The van der Waals surface area contributed by atoms with Gasteiger partial charge in [-0.15, -0.1) is 0 Å². The number of nitrogens with zero attached hydrogens (tertiary/aromatic N) is 1. The lowest BCUT2D eigenvalue weighted by atomic mass is 9.96. The van der Waals surface area contributed by atoms with Crippen LogP contribution in [0.15, 0.2) is 60.7 Å². The highest BCUT2D eigenvalue weighted by molar-refractivity contribution is 5.95. The van der Waals surface area contributed by atoms with E-state index >= 15 is 0 Å². The van der Waals surface area contributed by atoms with Crippen molar-refractivity contribution in [3.63, 3.8) is 0 Å². The summed E-state index contributed by atoms with van der Waals surface area (Å²) in [4.78, 5) is 67.7. The third-order valence-corrected chi connectivity index (χ3v) is 8.53. The number of piperidine rings is 1. The number of nitrogens with one attached hydrogen (secondary N) is 3. The van der Waals surface area contributed by atoms with Crippen molar-refractivity contribution in [1.82, 2.24) is 20.9 Å². The zero-order valence-electron chi connectivity index (χ0n) is 28.1. The Labute approximate surface area is 283 Å². The number of carbonyl (C=O) groups is 5. The lowest BCUT2D eigenvalue weighted by molar-refractivity contribution is -0.147. The molecule has 3 rings (SSSR count). The summed E-state index contributed by atoms with van der Waals surface area (Å²) in [5.74, 6) is -3.52. The predicted octanol–water partition coefficient (Wildman–Crippen LogP) is 1.75. The fraction of sp³-hybridized carbons (Fsp3) is 0.528. The first kappa shape index (κ1) is 38.2. The number of hydrogen-bond donors (Lipinski definition) is 6. The van der Waals surface area contributed by atoms with Crippen molar-refractivity contribution in [2.24, 2.45) is 23.3 Å². The monoisotopic (exact) mass is 664 g/mol. The number of rotatable bonds is 18. The fourth-order valence-corrected chi connectivity index (χ4v) is 5.90. The molecule has 12 heteroatoms. The largest absolute Gasteiger partial charge is 0.481 e. The van der Waals surface area contributed by atoms with Gasteiger partial charge in [0.15, 0.2) is 0 Å². The van der Waals surface area contributed by atoms with Gasteiger partial charge in [0.05, 0.1) is 12.0 Å². The van der Waals surface area contributed by atoms with E-state index in [1.54, 1.807) is 0 Å². The van der Waals surface area contributed by atoms with Crippen LogP contribution in [0.5, 0.6) is 0 Å². The number of amides is 4. The van der Waals surface area contributed by atoms with Gasteiger partial charge in [0.1, 0.15) is 18.1 Å². The molecular formula is C36H52N6O6. The van der Waals surface area contributed by atoms with E-state index in [1.165, 1.54) is 4.90 Å². The maximum absolute atomic E-state index is 13.8. The average molecular weight is 665 g/mol. The summed E-state index contributed by atoms with van der Waals surface area (Å²) in [6.07, 6.45) is 3.35. The molecule has 0 radical (unpaired) electrons. The highest BCUT2D eigenvalue weighted by Gasteiger charge is 2.35. The van der Waals surface area contributed by atoms with Crippen LogP contribution in [0.1, 0.15) is 63.5 Å². The minimum Gasteiger partial charge on any atom is -0.481 e. The number of unbranched alkanes of at least 4 members (excludes halogenated alkanes) is 1. The van der Waals surface area contributed by atoms with E-state index in [0.29, 0.717) is 45.2 Å². The topological polar surface area (TPSA) is 197 Å². The first-order valence-corrected chi connectivity index (χ1v) is 16.9. The van der Waals surface area contributed by atoms with E-state index in [9.17, 15) is 29.1 Å². The lowest BCUT2D eigenvalue weighted by Crippen LogP contribution is -2.59. The van der Waals surface area contributed by atoms with Gasteiger partial charge in [-0.05, 0) is 68.5 Å². The maximum atomic E-state index is 13.8. The van der Waals surface area contributed by atoms with Gasteiger partial charge in [-0.2, -0.15) is 0 Å². The lowest BCUT2D eigenvalue weighted by Gasteiger charge is -2.34. The van der Waals surface area contributed by atoms with E-state index in [0.717, 1.165) is 11.1 Å². The highest BCUT2D eigenvalue weighted by Crippen LogP contribution is 2.19. The standard InChI is InChI=1S/C36H52N6O6/c1-24(2)20-30(33(44)39-29(17-9-10-18-37)35(46)42-19-11-16-27(23-42)36(47)48)41-34(45)31(22-26-14-7-4-8-15-26)40-32(43)28(38)21-25-12-5-3-6-13-25/h3-8,12-15,24,27-31H,9-11,16-23,37-38H2,1-2H3,(H,39,44)(H,40,43)(H,41,45)(H,47,48)/t27?,28-,29-,30-,31-/m1/s1. The second-order valence-corrected chi connectivity index (χ2v) is 13.0. The second-order valence-electron chi connectivity index (χ2n) is 13.0. The zero-order valence-corrected chi connectivity index (χ0v) is 28.1. The summed E-state index contributed by atoms with van der Waals surface area (Å²) >= 11 is 0. The van der Waals surface area contributed by atoms with Gasteiger partial charge in [0.2, 0.25) is 23.6 Å². The molecule has 5 atom stereocenters. The van der Waals surface area contributed by atoms with Gasteiger partial charge in [-0.1, -0.05) is 74.5 Å². The van der Waals surface area contributed by atoms with Crippen LogP contribution in [0.2, 0.25) is 0 Å². The zero-order chi connectivity index (χ0) is 35.1. The van der Waals surface area contributed by atoms with E-state index < -0.39 is 53.8 Å². The number of carboxylic acid groups (broad SMARTS) is 1. The minimum atomic E-state index is -1.02. The molecule has 8 N–H and O–H groups in total. The van der Waals surface area contributed by atoms with Crippen LogP contribution in [-0.2, 0) is 36.8 Å². The van der Waals surface area contributed by atoms with Crippen LogP contribution >= 0.6 is 0 Å². The smallest absolute Gasteiger partial charge is 0.308 e. The Morgan fingerprint density at radius 3 is 1.96 bits per heavy atom. The normalized spacial score (nSPS) is 17.1. The molecular weight excluding hydrogens is 612 g/mol. The number of benzene rings is 2. The molecule has 4 amide bonds. The minimum absolute atomic E-state index is 0.00678. The summed E-state index contributed by atoms with van der Waals surface area (Å²) in [6.45, 7) is 4.75. The van der Waals surface area contributed by atoms with Crippen molar-refractivity contribution in [2.45, 2.75) is 89.4 Å². The summed E-state index contributed by atoms with van der Waals surface area (Å²) < 4.78 is 0. The molecule has 1 heterocycles. The van der Waals surface area contributed by atoms with Crippen LogP contribution in [-0.4, -0.2) is 83.4 Å². The van der Waals surface area contributed by atoms with Gasteiger partial charge in [-0.25, -0.2) is 0 Å². The number of aliphatic carboxylic acids is 1. The molecule has 1 unspecified atom stereocenters. The van der Waals surface area contributed by atoms with E-state index in [2.05, 4.69) is 16.0 Å². The molecule has 2 aromatic carbocycles. The SMILES string of the molecule is CC(C)C[C@@H](NC(=O)[C@@H](Cc1ccccc1)NC(=O)[C@H](N)Cc1ccccc1)C(=O)N[C@H](CCCCN)C(=O)N1CCCC(C(=O)O)C1. The molecule has 0 saturated carbocycles. The van der Waals surface area contributed by atoms with Gasteiger partial charge in [0.25, 0.3) is 0 Å². The average Bonchev–Trinajstić information content (AvgIpc) is 3.07. The summed E-state index contributed by atoms with van der Waals surface area (Å²) in [5, 5.41) is 18.0. The molecule has 12 nitrogen and oxygen atoms in total. The van der Waals surface area contributed by atoms with Crippen molar-refractivity contribution in [3.05, 3.63) is 71.8 Å².